The molecule has 0 aliphatic carbocycles. The Bertz CT molecular complexity index is 420. The Morgan fingerprint density at radius 1 is 1.56 bits per heavy atom. The topological polar surface area (TPSA) is 90.9 Å². The molecule has 5 N–H and O–H groups in total. The fourth-order valence-electron chi connectivity index (χ4n) is 1.56. The van der Waals surface area contributed by atoms with Crippen LogP contribution < -0.4 is 11.1 Å². The van der Waals surface area contributed by atoms with Crippen molar-refractivity contribution in [3.05, 3.63) is 35.1 Å². The van der Waals surface area contributed by atoms with Crippen molar-refractivity contribution in [3.8, 4) is 0 Å². The summed E-state index contributed by atoms with van der Waals surface area (Å²) in [6.45, 7) is 2.20. The molecule has 0 saturated heterocycles. The highest BCUT2D eigenvalue weighted by Gasteiger charge is 2.12. The van der Waals surface area contributed by atoms with E-state index in [1.165, 1.54) is 6.07 Å². The molecule has 0 fully saturated rings. The predicted molar refractivity (Wildman–Crippen MR) is 66.9 cm³/mol. The Hall–Kier alpha value is -1.66. The lowest BCUT2D eigenvalue weighted by molar-refractivity contribution is 0.238. The molecule has 0 radical (unpaired) electrons. The summed E-state index contributed by atoms with van der Waals surface area (Å²) in [6, 6.07) is 4.61. The molecule has 0 amide bonds. The molecule has 0 spiro atoms. The van der Waals surface area contributed by atoms with E-state index in [0.29, 0.717) is 5.56 Å². The van der Waals surface area contributed by atoms with E-state index in [4.69, 9.17) is 16.0 Å². The third-order valence-corrected chi connectivity index (χ3v) is 2.76. The lowest BCUT2D eigenvalue weighted by atomic mass is 10.1. The third-order valence-electron chi connectivity index (χ3n) is 2.76. The van der Waals surface area contributed by atoms with Crippen LogP contribution in [0, 0.1) is 5.82 Å². The first-order valence-electron chi connectivity index (χ1n) is 5.73. The largest absolute Gasteiger partial charge is 0.409 e. The third kappa shape index (κ3) is 3.41. The van der Waals surface area contributed by atoms with Gasteiger partial charge in [0.25, 0.3) is 0 Å². The molecular formula is C12H18FN3O2. The van der Waals surface area contributed by atoms with Crippen molar-refractivity contribution >= 4 is 5.84 Å². The second-order valence-electron chi connectivity index (χ2n) is 3.93. The number of benzene rings is 1. The number of hydrogen-bond donors (Lipinski definition) is 4. The number of aliphatic hydroxyl groups excluding tert-OH is 1. The van der Waals surface area contributed by atoms with Gasteiger partial charge in [-0.05, 0) is 12.5 Å². The number of rotatable bonds is 6. The molecule has 18 heavy (non-hydrogen) atoms. The summed E-state index contributed by atoms with van der Waals surface area (Å²) in [4.78, 5) is 0. The molecule has 1 unspecified atom stereocenters. The van der Waals surface area contributed by atoms with Crippen molar-refractivity contribution < 1.29 is 14.7 Å². The second kappa shape index (κ2) is 6.93. The normalized spacial score (nSPS) is 13.6. The maximum Gasteiger partial charge on any atom is 0.173 e. The van der Waals surface area contributed by atoms with Gasteiger partial charge in [0.1, 0.15) is 5.82 Å². The minimum Gasteiger partial charge on any atom is -0.409 e. The first kappa shape index (κ1) is 14.4. The minimum atomic E-state index is -0.520. The summed E-state index contributed by atoms with van der Waals surface area (Å²) in [5.74, 6) is -0.781. The number of amidine groups is 1. The fourth-order valence-corrected chi connectivity index (χ4v) is 1.56. The van der Waals surface area contributed by atoms with Crippen LogP contribution in [0.4, 0.5) is 4.39 Å². The van der Waals surface area contributed by atoms with E-state index in [0.717, 1.165) is 6.42 Å². The molecule has 5 nitrogen and oxygen atoms in total. The van der Waals surface area contributed by atoms with Crippen molar-refractivity contribution in [2.75, 3.05) is 6.61 Å². The van der Waals surface area contributed by atoms with Crippen molar-refractivity contribution in [1.29, 1.82) is 0 Å². The van der Waals surface area contributed by atoms with E-state index in [1.807, 2.05) is 6.92 Å². The predicted octanol–water partition coefficient (Wildman–Crippen LogP) is 0.781. The molecule has 0 bridgehead atoms. The Morgan fingerprint density at radius 3 is 2.83 bits per heavy atom. The molecule has 0 aromatic heterocycles. The number of aliphatic hydroxyl groups is 1. The van der Waals surface area contributed by atoms with Crippen molar-refractivity contribution in [2.45, 2.75) is 25.9 Å². The van der Waals surface area contributed by atoms with Crippen LogP contribution in [0.3, 0.4) is 0 Å². The molecule has 1 aromatic rings. The van der Waals surface area contributed by atoms with Crippen LogP contribution >= 0.6 is 0 Å². The molecule has 1 atom stereocenters. The van der Waals surface area contributed by atoms with Crippen LogP contribution in [-0.2, 0) is 6.54 Å². The summed E-state index contributed by atoms with van der Waals surface area (Å²) in [6.07, 6.45) is 0.748. The van der Waals surface area contributed by atoms with Crippen LogP contribution in [0.5, 0.6) is 0 Å². The van der Waals surface area contributed by atoms with E-state index in [1.54, 1.807) is 12.1 Å². The Morgan fingerprint density at radius 2 is 2.28 bits per heavy atom. The van der Waals surface area contributed by atoms with Crippen LogP contribution in [0.25, 0.3) is 0 Å². The molecule has 100 valence electrons. The van der Waals surface area contributed by atoms with Crippen LogP contribution in [-0.4, -0.2) is 28.8 Å². The number of nitrogens with zero attached hydrogens (tertiary/aromatic N) is 1. The van der Waals surface area contributed by atoms with Gasteiger partial charge in [-0.15, -0.1) is 0 Å². The lowest BCUT2D eigenvalue weighted by Gasteiger charge is -2.15. The van der Waals surface area contributed by atoms with Crippen molar-refractivity contribution in [2.24, 2.45) is 10.9 Å². The van der Waals surface area contributed by atoms with Gasteiger partial charge in [-0.3, -0.25) is 0 Å². The first-order valence-corrected chi connectivity index (χ1v) is 5.73. The molecule has 1 aromatic carbocycles. The molecular weight excluding hydrogens is 237 g/mol. The Labute approximate surface area is 105 Å². The maximum absolute atomic E-state index is 14.0. The van der Waals surface area contributed by atoms with Gasteiger partial charge in [-0.25, -0.2) is 4.39 Å². The molecule has 6 heteroatoms. The quantitative estimate of drug-likeness (QED) is 0.262. The zero-order valence-electron chi connectivity index (χ0n) is 10.2. The molecule has 0 saturated carbocycles. The average molecular weight is 255 g/mol. The smallest absolute Gasteiger partial charge is 0.173 e. The highest BCUT2D eigenvalue weighted by molar-refractivity contribution is 5.97. The van der Waals surface area contributed by atoms with E-state index in [9.17, 15) is 4.39 Å². The minimum absolute atomic E-state index is 0.00194. The SMILES string of the molecule is CCC(CO)NCc1cccc(/C(N)=N/O)c1F. The summed E-state index contributed by atoms with van der Waals surface area (Å²) in [7, 11) is 0. The van der Waals surface area contributed by atoms with Gasteiger partial charge < -0.3 is 21.4 Å². The molecule has 0 aliphatic rings. The zero-order chi connectivity index (χ0) is 13.5. The standard InChI is InChI=1S/C12H18FN3O2/c1-2-9(7-17)15-6-8-4-3-5-10(11(8)13)12(14)16-18/h3-5,9,15,17-18H,2,6-7H2,1H3,(H2,14,16). The highest BCUT2D eigenvalue weighted by atomic mass is 19.1. The van der Waals surface area contributed by atoms with E-state index in [2.05, 4.69) is 10.5 Å². The molecule has 0 heterocycles. The highest BCUT2D eigenvalue weighted by Crippen LogP contribution is 2.13. The van der Waals surface area contributed by atoms with Crippen molar-refractivity contribution in [3.63, 3.8) is 0 Å². The second-order valence-corrected chi connectivity index (χ2v) is 3.93. The van der Waals surface area contributed by atoms with Gasteiger partial charge in [-0.1, -0.05) is 24.2 Å². The number of hydrogen-bond acceptors (Lipinski definition) is 4. The number of nitrogens with one attached hydrogen (secondary N) is 1. The Kier molecular flexibility index (Phi) is 5.54. The maximum atomic E-state index is 14.0. The van der Waals surface area contributed by atoms with Crippen molar-refractivity contribution in [1.82, 2.24) is 5.32 Å². The molecule has 1 rings (SSSR count). The van der Waals surface area contributed by atoms with Gasteiger partial charge in [0.15, 0.2) is 5.84 Å². The van der Waals surface area contributed by atoms with Gasteiger partial charge >= 0.3 is 0 Å². The van der Waals surface area contributed by atoms with Crippen LogP contribution in [0.2, 0.25) is 0 Å². The molecule has 0 aliphatic heterocycles. The van der Waals surface area contributed by atoms with Gasteiger partial charge in [-0.2, -0.15) is 0 Å². The van der Waals surface area contributed by atoms with Gasteiger partial charge in [0.05, 0.1) is 12.2 Å². The first-order chi connectivity index (χ1) is 8.63. The number of nitrogens with two attached hydrogens (primary N) is 1. The van der Waals surface area contributed by atoms with E-state index < -0.39 is 5.82 Å². The summed E-state index contributed by atoms with van der Waals surface area (Å²) in [5.41, 5.74) is 5.84. The van der Waals surface area contributed by atoms with E-state index in [-0.39, 0.29) is 30.6 Å². The summed E-state index contributed by atoms with van der Waals surface area (Å²) < 4.78 is 14.0. The van der Waals surface area contributed by atoms with Gasteiger partial charge in [0.2, 0.25) is 0 Å². The van der Waals surface area contributed by atoms with E-state index >= 15 is 0 Å². The van der Waals surface area contributed by atoms with Crippen LogP contribution in [0.15, 0.2) is 23.4 Å². The summed E-state index contributed by atoms with van der Waals surface area (Å²) in [5, 5.41) is 23.4. The number of oxime groups is 1. The Balaban J connectivity index is 2.84. The average Bonchev–Trinajstić information content (AvgIpc) is 2.40. The monoisotopic (exact) mass is 255 g/mol. The number of halogens is 1. The van der Waals surface area contributed by atoms with Crippen LogP contribution in [0.1, 0.15) is 24.5 Å². The summed E-state index contributed by atoms with van der Waals surface area (Å²) >= 11 is 0. The lowest BCUT2D eigenvalue weighted by Crippen LogP contribution is -2.31. The zero-order valence-corrected chi connectivity index (χ0v) is 10.2. The fraction of sp³-hybridized carbons (Fsp3) is 0.417. The van der Waals surface area contributed by atoms with Gasteiger partial charge in [0, 0.05) is 18.2 Å².